The first kappa shape index (κ1) is 12.0. The topological polar surface area (TPSA) is 55.8 Å². The van der Waals surface area contributed by atoms with Crippen molar-refractivity contribution in [2.24, 2.45) is 5.92 Å². The quantitative estimate of drug-likeness (QED) is 0.763. The minimum absolute atomic E-state index is 0.0332. The van der Waals surface area contributed by atoms with Crippen molar-refractivity contribution in [3.63, 3.8) is 0 Å². The van der Waals surface area contributed by atoms with Crippen LogP contribution in [0.1, 0.15) is 32.6 Å². The van der Waals surface area contributed by atoms with Crippen LogP contribution in [0, 0.1) is 5.92 Å². The van der Waals surface area contributed by atoms with Gasteiger partial charge < -0.3 is 14.6 Å². The fraction of sp³-hybridized carbons (Fsp3) is 0.917. The van der Waals surface area contributed by atoms with E-state index in [1.807, 2.05) is 0 Å². The molecule has 0 bridgehead atoms. The molecule has 0 aromatic carbocycles. The van der Waals surface area contributed by atoms with Gasteiger partial charge in [-0.25, -0.2) is 0 Å². The predicted octanol–water partition coefficient (Wildman–Crippen LogP) is 0.912. The number of Topliss-reactive ketones (excluding diaryl/α,β-unsaturated/α-hetero) is 1. The zero-order valence-corrected chi connectivity index (χ0v) is 9.78. The number of aliphatic hydroxyl groups is 1. The highest BCUT2D eigenvalue weighted by molar-refractivity contribution is 5.84. The summed E-state index contributed by atoms with van der Waals surface area (Å²) in [6.45, 7) is 3.61. The van der Waals surface area contributed by atoms with Crippen LogP contribution < -0.4 is 0 Å². The molecule has 0 amide bonds. The molecular formula is C12H20O4. The maximum absolute atomic E-state index is 11.8. The van der Waals surface area contributed by atoms with E-state index in [-0.39, 0.29) is 17.3 Å². The zero-order valence-electron chi connectivity index (χ0n) is 9.78. The van der Waals surface area contributed by atoms with E-state index in [0.29, 0.717) is 6.61 Å². The number of carbonyl (C=O) groups is 1. The van der Waals surface area contributed by atoms with Gasteiger partial charge >= 0.3 is 0 Å². The van der Waals surface area contributed by atoms with Crippen LogP contribution in [0.4, 0.5) is 0 Å². The predicted molar refractivity (Wildman–Crippen MR) is 58.1 cm³/mol. The van der Waals surface area contributed by atoms with Gasteiger partial charge in [-0.3, -0.25) is 4.79 Å². The van der Waals surface area contributed by atoms with Crippen molar-refractivity contribution in [1.29, 1.82) is 0 Å². The van der Waals surface area contributed by atoms with Gasteiger partial charge in [-0.1, -0.05) is 0 Å². The van der Waals surface area contributed by atoms with Gasteiger partial charge in [0.2, 0.25) is 0 Å². The molecule has 4 heteroatoms. The Morgan fingerprint density at radius 3 is 2.69 bits per heavy atom. The SMILES string of the molecule is CC(O)C(=O)C1CCOC2(CCOCC2)C1. The second-order valence-electron chi connectivity index (χ2n) is 4.91. The number of ether oxygens (including phenoxy) is 2. The standard InChI is InChI=1S/C12H20O4/c1-9(13)11(14)10-2-5-16-12(8-10)3-6-15-7-4-12/h9-10,13H,2-8H2,1H3. The summed E-state index contributed by atoms with van der Waals surface area (Å²) in [5.74, 6) is -0.0685. The van der Waals surface area contributed by atoms with Crippen molar-refractivity contribution in [3.05, 3.63) is 0 Å². The minimum Gasteiger partial charge on any atom is -0.386 e. The van der Waals surface area contributed by atoms with Crippen LogP contribution in [-0.4, -0.2) is 42.4 Å². The van der Waals surface area contributed by atoms with Gasteiger partial charge in [0.25, 0.3) is 0 Å². The van der Waals surface area contributed by atoms with E-state index >= 15 is 0 Å². The minimum atomic E-state index is -0.847. The van der Waals surface area contributed by atoms with E-state index in [1.54, 1.807) is 6.92 Å². The van der Waals surface area contributed by atoms with Crippen molar-refractivity contribution in [2.45, 2.75) is 44.3 Å². The number of carbonyl (C=O) groups excluding carboxylic acids is 1. The summed E-state index contributed by atoms with van der Waals surface area (Å²) in [5.41, 5.74) is -0.161. The van der Waals surface area contributed by atoms with Crippen LogP contribution in [0.15, 0.2) is 0 Å². The molecule has 2 saturated heterocycles. The highest BCUT2D eigenvalue weighted by atomic mass is 16.5. The number of hydrogen-bond acceptors (Lipinski definition) is 4. The monoisotopic (exact) mass is 228 g/mol. The molecule has 0 aromatic rings. The van der Waals surface area contributed by atoms with Crippen molar-refractivity contribution >= 4 is 5.78 Å². The fourth-order valence-corrected chi connectivity index (χ4v) is 2.70. The average Bonchev–Trinajstić information content (AvgIpc) is 2.29. The number of ketones is 1. The van der Waals surface area contributed by atoms with Crippen LogP contribution in [0.25, 0.3) is 0 Å². The molecule has 2 fully saturated rings. The summed E-state index contributed by atoms with van der Waals surface area (Å²) >= 11 is 0. The van der Waals surface area contributed by atoms with Crippen LogP contribution >= 0.6 is 0 Å². The molecule has 4 nitrogen and oxygen atoms in total. The van der Waals surface area contributed by atoms with Crippen LogP contribution in [0.5, 0.6) is 0 Å². The summed E-state index contributed by atoms with van der Waals surface area (Å²) in [4.78, 5) is 11.8. The molecule has 2 unspecified atom stereocenters. The molecular weight excluding hydrogens is 208 g/mol. The van der Waals surface area contributed by atoms with E-state index in [2.05, 4.69) is 0 Å². The molecule has 92 valence electrons. The Balaban J connectivity index is 2.00. The molecule has 2 rings (SSSR count). The molecule has 0 saturated carbocycles. The van der Waals surface area contributed by atoms with Gasteiger partial charge in [-0.2, -0.15) is 0 Å². The summed E-state index contributed by atoms with van der Waals surface area (Å²) in [6.07, 6.45) is 2.39. The Morgan fingerprint density at radius 1 is 1.38 bits per heavy atom. The molecule has 1 spiro atoms. The van der Waals surface area contributed by atoms with Crippen LogP contribution in [0.2, 0.25) is 0 Å². The van der Waals surface area contributed by atoms with E-state index in [1.165, 1.54) is 0 Å². The molecule has 0 radical (unpaired) electrons. The highest BCUT2D eigenvalue weighted by Crippen LogP contribution is 2.37. The Bertz CT molecular complexity index is 250. The lowest BCUT2D eigenvalue weighted by molar-refractivity contribution is -0.160. The summed E-state index contributed by atoms with van der Waals surface area (Å²) in [7, 11) is 0. The number of hydrogen-bond donors (Lipinski definition) is 1. The van der Waals surface area contributed by atoms with Gasteiger partial charge in [-0.15, -0.1) is 0 Å². The van der Waals surface area contributed by atoms with Crippen molar-refractivity contribution in [2.75, 3.05) is 19.8 Å². The molecule has 2 aliphatic heterocycles. The van der Waals surface area contributed by atoms with Crippen molar-refractivity contribution in [1.82, 2.24) is 0 Å². The van der Waals surface area contributed by atoms with Crippen LogP contribution in [-0.2, 0) is 14.3 Å². The Morgan fingerprint density at radius 2 is 2.06 bits per heavy atom. The van der Waals surface area contributed by atoms with Gasteiger partial charge in [0, 0.05) is 25.7 Å². The number of aliphatic hydroxyl groups excluding tert-OH is 1. The molecule has 16 heavy (non-hydrogen) atoms. The third kappa shape index (κ3) is 2.44. The molecule has 2 heterocycles. The number of rotatable bonds is 2. The van der Waals surface area contributed by atoms with E-state index < -0.39 is 6.10 Å². The molecule has 1 N–H and O–H groups in total. The second-order valence-corrected chi connectivity index (χ2v) is 4.91. The zero-order chi connectivity index (χ0) is 11.6. The van der Waals surface area contributed by atoms with Crippen LogP contribution in [0.3, 0.4) is 0 Å². The third-order valence-electron chi connectivity index (χ3n) is 3.71. The summed E-state index contributed by atoms with van der Waals surface area (Å²) in [5, 5.41) is 9.34. The van der Waals surface area contributed by atoms with Gasteiger partial charge in [0.15, 0.2) is 5.78 Å². The average molecular weight is 228 g/mol. The fourth-order valence-electron chi connectivity index (χ4n) is 2.70. The lowest BCUT2D eigenvalue weighted by Crippen LogP contribution is -2.47. The Labute approximate surface area is 95.9 Å². The molecule has 0 aromatic heterocycles. The van der Waals surface area contributed by atoms with Gasteiger partial charge in [0.05, 0.1) is 5.60 Å². The normalized spacial score (nSPS) is 31.2. The maximum Gasteiger partial charge on any atom is 0.164 e. The lowest BCUT2D eigenvalue weighted by atomic mass is 9.78. The molecule has 0 aliphatic carbocycles. The largest absolute Gasteiger partial charge is 0.386 e. The van der Waals surface area contributed by atoms with Gasteiger partial charge in [0.1, 0.15) is 6.10 Å². The first-order valence-electron chi connectivity index (χ1n) is 6.06. The third-order valence-corrected chi connectivity index (χ3v) is 3.71. The van der Waals surface area contributed by atoms with Crippen molar-refractivity contribution < 1.29 is 19.4 Å². The summed E-state index contributed by atoms with van der Waals surface area (Å²) < 4.78 is 11.2. The van der Waals surface area contributed by atoms with Crippen molar-refractivity contribution in [3.8, 4) is 0 Å². The van der Waals surface area contributed by atoms with Gasteiger partial charge in [-0.05, 0) is 32.6 Å². The second kappa shape index (κ2) is 4.82. The Hall–Kier alpha value is -0.450. The highest BCUT2D eigenvalue weighted by Gasteiger charge is 2.41. The van der Waals surface area contributed by atoms with E-state index in [4.69, 9.17) is 9.47 Å². The first-order chi connectivity index (χ1) is 7.63. The molecule has 2 aliphatic rings. The lowest BCUT2D eigenvalue weighted by Gasteiger charge is -2.43. The smallest absolute Gasteiger partial charge is 0.164 e. The van der Waals surface area contributed by atoms with E-state index in [0.717, 1.165) is 38.9 Å². The molecule has 2 atom stereocenters. The van der Waals surface area contributed by atoms with E-state index in [9.17, 15) is 9.90 Å². The summed E-state index contributed by atoms with van der Waals surface area (Å²) in [6, 6.07) is 0. The first-order valence-corrected chi connectivity index (χ1v) is 6.06. The maximum atomic E-state index is 11.8. The Kier molecular flexibility index (Phi) is 3.62.